The lowest BCUT2D eigenvalue weighted by molar-refractivity contribution is 0.414. The molecule has 0 spiro atoms. The van der Waals surface area contributed by atoms with Crippen molar-refractivity contribution in [3.63, 3.8) is 0 Å². The van der Waals surface area contributed by atoms with E-state index in [4.69, 9.17) is 4.74 Å². The van der Waals surface area contributed by atoms with E-state index in [2.05, 4.69) is 4.98 Å². The fourth-order valence-electron chi connectivity index (χ4n) is 2.75. The van der Waals surface area contributed by atoms with Gasteiger partial charge in [-0.05, 0) is 35.9 Å². The molecule has 1 aromatic heterocycles. The van der Waals surface area contributed by atoms with Crippen LogP contribution in [0.15, 0.2) is 64.5 Å². The van der Waals surface area contributed by atoms with Gasteiger partial charge in [0.05, 0.1) is 23.9 Å². The molecular weight excluding hydrogens is 397 g/mol. The number of sulfonamides is 1. The van der Waals surface area contributed by atoms with Crippen LogP contribution in [-0.4, -0.2) is 36.4 Å². The first kappa shape index (κ1) is 20.7. The molecule has 0 radical (unpaired) electrons. The van der Waals surface area contributed by atoms with Crippen molar-refractivity contribution in [3.05, 3.63) is 76.6 Å². The highest BCUT2D eigenvalue weighted by molar-refractivity contribution is 7.89. The van der Waals surface area contributed by atoms with Crippen molar-refractivity contribution in [3.8, 4) is 17.0 Å². The summed E-state index contributed by atoms with van der Waals surface area (Å²) >= 11 is 0. The molecule has 0 saturated heterocycles. The van der Waals surface area contributed by atoms with Crippen molar-refractivity contribution in [1.29, 1.82) is 0 Å². The van der Waals surface area contributed by atoms with E-state index in [1.165, 1.54) is 41.3 Å². The third-order valence-electron chi connectivity index (χ3n) is 4.46. The lowest BCUT2D eigenvalue weighted by atomic mass is 10.1. The van der Waals surface area contributed by atoms with Gasteiger partial charge < -0.3 is 9.30 Å². The van der Waals surface area contributed by atoms with Crippen LogP contribution in [0.3, 0.4) is 0 Å². The minimum Gasteiger partial charge on any atom is -0.497 e. The van der Waals surface area contributed by atoms with Gasteiger partial charge >= 0.3 is 0 Å². The maximum atomic E-state index is 14.3. The predicted molar refractivity (Wildman–Crippen MR) is 107 cm³/mol. The molecule has 9 heteroatoms. The first-order valence-electron chi connectivity index (χ1n) is 8.64. The first-order chi connectivity index (χ1) is 13.7. The van der Waals surface area contributed by atoms with E-state index in [1.54, 1.807) is 31.4 Å². The van der Waals surface area contributed by atoms with Gasteiger partial charge in [-0.25, -0.2) is 17.8 Å². The Labute approximate surface area is 168 Å². The lowest BCUT2D eigenvalue weighted by Gasteiger charge is -2.18. The summed E-state index contributed by atoms with van der Waals surface area (Å²) in [5, 5.41) is 0. The number of aryl methyl sites for hydroxylation is 1. The monoisotopic (exact) mass is 417 g/mol. The van der Waals surface area contributed by atoms with Crippen molar-refractivity contribution in [1.82, 2.24) is 13.9 Å². The molecule has 2 aromatic carbocycles. The Morgan fingerprint density at radius 3 is 2.48 bits per heavy atom. The number of aromatic nitrogens is 2. The third kappa shape index (κ3) is 4.36. The van der Waals surface area contributed by atoms with Gasteiger partial charge in [-0.3, -0.25) is 4.79 Å². The van der Waals surface area contributed by atoms with Gasteiger partial charge in [0.15, 0.2) is 0 Å². The van der Waals surface area contributed by atoms with E-state index in [9.17, 15) is 17.6 Å². The molecule has 1 heterocycles. The van der Waals surface area contributed by atoms with E-state index in [-0.39, 0.29) is 28.3 Å². The van der Waals surface area contributed by atoms with Crippen LogP contribution in [0, 0.1) is 5.82 Å². The fourth-order valence-corrected chi connectivity index (χ4v) is 3.94. The van der Waals surface area contributed by atoms with E-state index in [1.807, 2.05) is 0 Å². The van der Waals surface area contributed by atoms with Crippen LogP contribution < -0.4 is 10.3 Å². The summed E-state index contributed by atoms with van der Waals surface area (Å²) in [7, 11) is 0.633. The van der Waals surface area contributed by atoms with E-state index < -0.39 is 15.8 Å². The molecule has 0 aliphatic rings. The molecule has 3 aromatic rings. The van der Waals surface area contributed by atoms with E-state index >= 15 is 0 Å². The second-order valence-electron chi connectivity index (χ2n) is 6.47. The van der Waals surface area contributed by atoms with Gasteiger partial charge in [-0.1, -0.05) is 12.1 Å². The van der Waals surface area contributed by atoms with E-state index in [0.29, 0.717) is 5.75 Å². The highest BCUT2D eigenvalue weighted by atomic mass is 32.2. The summed E-state index contributed by atoms with van der Waals surface area (Å²) in [5.74, 6) is 0.0418. The smallest absolute Gasteiger partial charge is 0.268 e. The molecule has 0 saturated carbocycles. The number of nitrogens with zero attached hydrogens (tertiary/aromatic N) is 3. The molecule has 0 amide bonds. The second kappa shape index (κ2) is 8.14. The van der Waals surface area contributed by atoms with Crippen molar-refractivity contribution >= 4 is 10.0 Å². The zero-order valence-electron chi connectivity index (χ0n) is 16.2. The number of hydrogen-bond acceptors (Lipinski definition) is 5. The van der Waals surface area contributed by atoms with Crippen molar-refractivity contribution in [2.45, 2.75) is 11.4 Å². The summed E-state index contributed by atoms with van der Waals surface area (Å²) in [6.45, 7) is 0.136. The minimum atomic E-state index is -3.88. The maximum absolute atomic E-state index is 14.3. The number of halogens is 1. The normalized spacial score (nSPS) is 11.6. The molecule has 0 fully saturated rings. The molecule has 7 nitrogen and oxygen atoms in total. The number of rotatable bonds is 6. The SMILES string of the molecule is COc1ccc(CN(C)S(=O)(=O)c2ccc(F)c(-c3cn(C)c(=O)cn3)c2)cc1. The second-order valence-corrected chi connectivity index (χ2v) is 8.52. The zero-order valence-corrected chi connectivity index (χ0v) is 17.0. The minimum absolute atomic E-state index is 0.000442. The van der Waals surface area contributed by atoms with Crippen LogP contribution in [0.2, 0.25) is 0 Å². The van der Waals surface area contributed by atoms with Crippen LogP contribution in [-0.2, 0) is 23.6 Å². The molecule has 29 heavy (non-hydrogen) atoms. The maximum Gasteiger partial charge on any atom is 0.268 e. The van der Waals surface area contributed by atoms with Gasteiger partial charge in [0.25, 0.3) is 5.56 Å². The summed E-state index contributed by atoms with van der Waals surface area (Å²) < 4.78 is 47.8. The molecule has 152 valence electrons. The van der Waals surface area contributed by atoms with Crippen LogP contribution in [0.25, 0.3) is 11.3 Å². The van der Waals surface area contributed by atoms with Crippen molar-refractivity contribution < 1.29 is 17.5 Å². The highest BCUT2D eigenvalue weighted by Gasteiger charge is 2.23. The van der Waals surface area contributed by atoms with Gasteiger partial charge in [-0.2, -0.15) is 4.31 Å². The Hall–Kier alpha value is -3.04. The molecule has 0 bridgehead atoms. The largest absolute Gasteiger partial charge is 0.497 e. The zero-order chi connectivity index (χ0) is 21.2. The molecule has 3 rings (SSSR count). The summed E-state index contributed by atoms with van der Waals surface area (Å²) in [5.41, 5.74) is 0.593. The van der Waals surface area contributed by atoms with Gasteiger partial charge in [0.1, 0.15) is 11.6 Å². The Kier molecular flexibility index (Phi) is 5.81. The Morgan fingerprint density at radius 1 is 1.17 bits per heavy atom. The van der Waals surface area contributed by atoms with Gasteiger partial charge in [-0.15, -0.1) is 0 Å². The Balaban J connectivity index is 1.93. The summed E-state index contributed by atoms with van der Waals surface area (Å²) in [6.07, 6.45) is 2.42. The quantitative estimate of drug-likeness (QED) is 0.615. The number of hydrogen-bond donors (Lipinski definition) is 0. The fraction of sp³-hybridized carbons (Fsp3) is 0.200. The third-order valence-corrected chi connectivity index (χ3v) is 6.26. The molecule has 0 aliphatic heterocycles. The van der Waals surface area contributed by atoms with Crippen LogP contribution in [0.4, 0.5) is 4.39 Å². The number of ether oxygens (including phenoxy) is 1. The molecule has 0 atom stereocenters. The molecule has 0 unspecified atom stereocenters. The van der Waals surface area contributed by atoms with Gasteiger partial charge in [0.2, 0.25) is 10.0 Å². The average Bonchev–Trinajstić information content (AvgIpc) is 2.71. The van der Waals surface area contributed by atoms with Gasteiger partial charge in [0, 0.05) is 32.4 Å². The standard InChI is InChI=1S/C20H20FN3O4S/c1-23-13-19(22-11-20(23)25)17-10-16(8-9-18(17)21)29(26,27)24(2)12-14-4-6-15(28-3)7-5-14/h4-11,13H,12H2,1-3H3. The molecule has 0 aliphatic carbocycles. The predicted octanol–water partition coefficient (Wildman–Crippen LogP) is 2.42. The average molecular weight is 417 g/mol. The summed E-state index contributed by atoms with van der Waals surface area (Å²) in [6, 6.07) is 10.6. The number of methoxy groups -OCH3 is 1. The Morgan fingerprint density at radius 2 is 1.86 bits per heavy atom. The summed E-state index contributed by atoms with van der Waals surface area (Å²) in [4.78, 5) is 15.4. The number of benzene rings is 2. The van der Waals surface area contributed by atoms with Crippen molar-refractivity contribution in [2.75, 3.05) is 14.2 Å². The Bertz CT molecular complexity index is 1190. The van der Waals surface area contributed by atoms with Crippen LogP contribution >= 0.6 is 0 Å². The lowest BCUT2D eigenvalue weighted by Crippen LogP contribution is -2.26. The van der Waals surface area contributed by atoms with E-state index in [0.717, 1.165) is 17.8 Å². The molecular formula is C20H20FN3O4S. The van der Waals surface area contributed by atoms with Crippen LogP contribution in [0.5, 0.6) is 5.75 Å². The first-order valence-corrected chi connectivity index (χ1v) is 10.1. The van der Waals surface area contributed by atoms with Crippen LogP contribution in [0.1, 0.15) is 5.56 Å². The molecule has 0 N–H and O–H groups in total. The van der Waals surface area contributed by atoms with Crippen molar-refractivity contribution in [2.24, 2.45) is 7.05 Å². The topological polar surface area (TPSA) is 81.5 Å². The highest BCUT2D eigenvalue weighted by Crippen LogP contribution is 2.26.